The highest BCUT2D eigenvalue weighted by atomic mass is 79.9. The van der Waals surface area contributed by atoms with E-state index in [0.29, 0.717) is 29.7 Å². The highest BCUT2D eigenvalue weighted by molar-refractivity contribution is 9.10. The van der Waals surface area contributed by atoms with Crippen molar-refractivity contribution in [1.29, 1.82) is 5.26 Å². The van der Waals surface area contributed by atoms with Gasteiger partial charge in [-0.3, -0.25) is 0 Å². The normalized spacial score (nSPS) is 17.0. The molecule has 1 heterocycles. The molecule has 2 aromatic carbocycles. The van der Waals surface area contributed by atoms with Crippen molar-refractivity contribution in [3.63, 3.8) is 0 Å². The number of nitriles is 1. The monoisotopic (exact) mass is 527 g/mol. The predicted octanol–water partition coefficient (Wildman–Crippen LogP) is 3.97. The Morgan fingerprint density at radius 3 is 2.50 bits per heavy atom. The summed E-state index contributed by atoms with van der Waals surface area (Å²) in [6.07, 6.45) is 2.71. The van der Waals surface area contributed by atoms with Crippen LogP contribution >= 0.6 is 31.9 Å². The molecule has 1 aliphatic rings. The van der Waals surface area contributed by atoms with Crippen molar-refractivity contribution in [3.8, 4) is 11.9 Å². The summed E-state index contributed by atoms with van der Waals surface area (Å²) in [5.74, 6) is 0.291. The van der Waals surface area contributed by atoms with Crippen molar-refractivity contribution in [2.75, 3.05) is 20.2 Å². The Labute approximate surface area is 182 Å². The second-order valence-corrected chi connectivity index (χ2v) is 10.2. The Balaban J connectivity index is 2.03. The Kier molecular flexibility index (Phi) is 6.65. The van der Waals surface area contributed by atoms with Crippen molar-refractivity contribution < 1.29 is 13.2 Å². The molecule has 0 saturated carbocycles. The van der Waals surface area contributed by atoms with E-state index >= 15 is 0 Å². The first kappa shape index (κ1) is 21.1. The smallest absolute Gasteiger partial charge is 0.247 e. The zero-order valence-electron chi connectivity index (χ0n) is 15.2. The molecule has 0 bridgehead atoms. The fraction of sp³-hybridized carbons (Fsp3) is 0.316. The topological polar surface area (TPSA) is 73.6 Å². The lowest BCUT2D eigenvalue weighted by Gasteiger charge is -2.28. The van der Waals surface area contributed by atoms with Crippen molar-refractivity contribution in [1.82, 2.24) is 9.21 Å². The average molecular weight is 529 g/mol. The molecular formula is C19H19Br2N3O3S. The highest BCUT2D eigenvalue weighted by Crippen LogP contribution is 2.33. The van der Waals surface area contributed by atoms with Crippen LogP contribution < -0.4 is 4.74 Å². The largest absolute Gasteiger partial charge is 0.495 e. The Bertz CT molecular complexity index is 990. The molecule has 148 valence electrons. The maximum atomic E-state index is 13.6. The van der Waals surface area contributed by atoms with E-state index < -0.39 is 10.0 Å². The van der Waals surface area contributed by atoms with E-state index in [1.54, 1.807) is 23.1 Å². The second-order valence-electron chi connectivity index (χ2n) is 6.46. The van der Waals surface area contributed by atoms with Crippen molar-refractivity contribution in [2.24, 2.45) is 0 Å². The van der Waals surface area contributed by atoms with Gasteiger partial charge in [0.05, 0.1) is 7.11 Å². The van der Waals surface area contributed by atoms with Gasteiger partial charge in [-0.1, -0.05) is 44.0 Å². The van der Waals surface area contributed by atoms with Crippen molar-refractivity contribution in [3.05, 3.63) is 57.0 Å². The minimum absolute atomic E-state index is 0.108. The van der Waals surface area contributed by atoms with E-state index in [9.17, 15) is 13.7 Å². The van der Waals surface area contributed by atoms with Gasteiger partial charge < -0.3 is 9.64 Å². The van der Waals surface area contributed by atoms with Crippen LogP contribution in [0.1, 0.15) is 12.0 Å². The number of hydrogen-bond acceptors (Lipinski definition) is 5. The summed E-state index contributed by atoms with van der Waals surface area (Å²) in [6.45, 7) is 1.14. The van der Waals surface area contributed by atoms with Gasteiger partial charge in [0.2, 0.25) is 10.0 Å². The second kappa shape index (κ2) is 8.82. The van der Waals surface area contributed by atoms with Gasteiger partial charge in [0.15, 0.2) is 6.19 Å². The third kappa shape index (κ3) is 4.51. The SMILES string of the molecule is COc1ccc(Br)cc1S(=O)(=O)N(Cc1ccc(Br)cc1)C1CCN(C#N)C1. The van der Waals surface area contributed by atoms with Crippen LogP contribution in [0.15, 0.2) is 56.3 Å². The lowest BCUT2D eigenvalue weighted by Crippen LogP contribution is -2.41. The van der Waals surface area contributed by atoms with Crippen LogP contribution in [0.25, 0.3) is 0 Å². The average Bonchev–Trinajstić information content (AvgIpc) is 3.16. The molecular weight excluding hydrogens is 510 g/mol. The van der Waals surface area contributed by atoms with Crippen molar-refractivity contribution >= 4 is 41.9 Å². The Morgan fingerprint density at radius 2 is 1.89 bits per heavy atom. The summed E-state index contributed by atoms with van der Waals surface area (Å²) in [5, 5.41) is 9.20. The minimum atomic E-state index is -3.86. The van der Waals surface area contributed by atoms with E-state index in [4.69, 9.17) is 4.74 Å². The molecule has 0 radical (unpaired) electrons. The minimum Gasteiger partial charge on any atom is -0.495 e. The number of halogens is 2. The zero-order valence-corrected chi connectivity index (χ0v) is 19.2. The molecule has 1 aliphatic heterocycles. The maximum absolute atomic E-state index is 13.6. The first-order valence-electron chi connectivity index (χ1n) is 8.59. The zero-order chi connectivity index (χ0) is 20.3. The molecule has 9 heteroatoms. The van der Waals surface area contributed by atoms with Gasteiger partial charge in [-0.15, -0.1) is 0 Å². The molecule has 1 saturated heterocycles. The first-order valence-corrected chi connectivity index (χ1v) is 11.6. The number of rotatable bonds is 6. The number of sulfonamides is 1. The summed E-state index contributed by atoms with van der Waals surface area (Å²) in [7, 11) is -2.41. The summed E-state index contributed by atoms with van der Waals surface area (Å²) in [4.78, 5) is 1.70. The Morgan fingerprint density at radius 1 is 1.21 bits per heavy atom. The molecule has 0 spiro atoms. The third-order valence-corrected chi connectivity index (χ3v) is 7.62. The molecule has 28 heavy (non-hydrogen) atoms. The first-order chi connectivity index (χ1) is 13.3. The molecule has 1 atom stereocenters. The van der Waals surface area contributed by atoms with E-state index in [1.807, 2.05) is 24.3 Å². The summed E-state index contributed by atoms with van der Waals surface area (Å²) in [6, 6.07) is 12.2. The van der Waals surface area contributed by atoms with Gasteiger partial charge in [0, 0.05) is 34.6 Å². The van der Waals surface area contributed by atoms with Crippen LogP contribution in [-0.2, 0) is 16.6 Å². The van der Waals surface area contributed by atoms with E-state index in [2.05, 4.69) is 38.1 Å². The molecule has 0 aliphatic carbocycles. The Hall–Kier alpha value is -1.60. The maximum Gasteiger partial charge on any atom is 0.247 e. The van der Waals surface area contributed by atoms with Gasteiger partial charge in [-0.2, -0.15) is 9.57 Å². The van der Waals surface area contributed by atoms with Gasteiger partial charge in [-0.25, -0.2) is 8.42 Å². The summed E-state index contributed by atoms with van der Waals surface area (Å²) < 4.78 is 35.6. The van der Waals surface area contributed by atoms with Crippen LogP contribution in [0.2, 0.25) is 0 Å². The molecule has 1 unspecified atom stereocenters. The van der Waals surface area contributed by atoms with E-state index in [0.717, 1.165) is 10.0 Å². The number of benzene rings is 2. The fourth-order valence-electron chi connectivity index (χ4n) is 3.23. The number of methoxy groups -OCH3 is 1. The van der Waals surface area contributed by atoms with Crippen LogP contribution in [0.5, 0.6) is 5.75 Å². The van der Waals surface area contributed by atoms with Crippen LogP contribution in [0.3, 0.4) is 0 Å². The third-order valence-electron chi connectivity index (χ3n) is 4.68. The molecule has 1 fully saturated rings. The molecule has 3 rings (SSSR count). The van der Waals surface area contributed by atoms with Gasteiger partial charge in [0.1, 0.15) is 10.6 Å². The number of ether oxygens (including phenoxy) is 1. The van der Waals surface area contributed by atoms with Gasteiger partial charge in [-0.05, 0) is 42.3 Å². The van der Waals surface area contributed by atoms with Gasteiger partial charge in [0.25, 0.3) is 0 Å². The van der Waals surface area contributed by atoms with Gasteiger partial charge >= 0.3 is 0 Å². The summed E-state index contributed by atoms with van der Waals surface area (Å²) >= 11 is 6.75. The van der Waals surface area contributed by atoms with E-state index in [-0.39, 0.29) is 17.5 Å². The molecule has 2 aromatic rings. The predicted molar refractivity (Wildman–Crippen MR) is 113 cm³/mol. The highest BCUT2D eigenvalue weighted by Gasteiger charge is 2.37. The lowest BCUT2D eigenvalue weighted by atomic mass is 10.2. The molecule has 0 N–H and O–H groups in total. The standard InChI is InChI=1S/C19H19Br2N3O3S/c1-27-18-7-6-16(21)10-19(18)28(25,26)24(17-8-9-23(12-17)13-22)11-14-2-4-15(20)5-3-14/h2-7,10,17H,8-9,11-12H2,1H3. The van der Waals surface area contributed by atoms with Crippen molar-refractivity contribution in [2.45, 2.75) is 23.9 Å². The molecule has 0 amide bonds. The fourth-order valence-corrected chi connectivity index (χ4v) is 5.82. The van der Waals surface area contributed by atoms with Crippen LogP contribution in [0.4, 0.5) is 0 Å². The quantitative estimate of drug-likeness (QED) is 0.530. The number of hydrogen-bond donors (Lipinski definition) is 0. The number of nitrogens with zero attached hydrogens (tertiary/aromatic N) is 3. The van der Waals surface area contributed by atoms with Crippen LogP contribution in [-0.4, -0.2) is 43.9 Å². The number of likely N-dealkylation sites (tertiary alicyclic amines) is 1. The van der Waals surface area contributed by atoms with Crippen LogP contribution in [0, 0.1) is 11.5 Å². The summed E-state index contributed by atoms with van der Waals surface area (Å²) in [5.41, 5.74) is 0.871. The molecule has 0 aromatic heterocycles. The lowest BCUT2D eigenvalue weighted by molar-refractivity contribution is 0.312. The molecule has 6 nitrogen and oxygen atoms in total. The van der Waals surface area contributed by atoms with E-state index in [1.165, 1.54) is 11.4 Å².